The zero-order chi connectivity index (χ0) is 15.8. The molecular formula is C14H28N6O. The van der Waals surface area contributed by atoms with Gasteiger partial charge in [0.25, 0.3) is 0 Å². The summed E-state index contributed by atoms with van der Waals surface area (Å²) in [6, 6.07) is 0.755. The second kappa shape index (κ2) is 8.63. The van der Waals surface area contributed by atoms with Gasteiger partial charge >= 0.3 is 0 Å². The molecule has 1 amide bonds. The molecule has 0 saturated heterocycles. The second-order valence-corrected chi connectivity index (χ2v) is 5.40. The number of hydrogen-bond acceptors (Lipinski definition) is 5. The fraction of sp³-hybridized carbons (Fsp3) is 0.714. The maximum absolute atomic E-state index is 11.6. The van der Waals surface area contributed by atoms with Crippen molar-refractivity contribution in [3.8, 4) is 0 Å². The van der Waals surface area contributed by atoms with Gasteiger partial charge in [-0.15, -0.1) is 0 Å². The van der Waals surface area contributed by atoms with Gasteiger partial charge in [-0.2, -0.15) is 5.10 Å². The molecule has 120 valence electrons. The van der Waals surface area contributed by atoms with Crippen molar-refractivity contribution in [2.75, 3.05) is 20.6 Å². The normalized spacial score (nSPS) is 23.1. The van der Waals surface area contributed by atoms with Crippen LogP contribution >= 0.6 is 0 Å². The van der Waals surface area contributed by atoms with Gasteiger partial charge < -0.3 is 16.5 Å². The van der Waals surface area contributed by atoms with E-state index in [0.717, 1.165) is 32.2 Å². The van der Waals surface area contributed by atoms with Crippen molar-refractivity contribution in [2.24, 2.45) is 16.7 Å². The minimum absolute atomic E-state index is 0.00384. The zero-order valence-corrected chi connectivity index (χ0v) is 13.1. The van der Waals surface area contributed by atoms with Gasteiger partial charge in [-0.3, -0.25) is 10.2 Å². The van der Waals surface area contributed by atoms with Crippen LogP contribution in [0.25, 0.3) is 0 Å². The quantitative estimate of drug-likeness (QED) is 0.202. The molecule has 0 heterocycles. The predicted molar refractivity (Wildman–Crippen MR) is 85.2 cm³/mol. The average molecular weight is 296 g/mol. The third-order valence-corrected chi connectivity index (χ3v) is 4.24. The summed E-state index contributed by atoms with van der Waals surface area (Å²) in [5.74, 6) is 5.60. The molecule has 21 heavy (non-hydrogen) atoms. The van der Waals surface area contributed by atoms with E-state index in [1.54, 1.807) is 4.90 Å². The highest BCUT2D eigenvalue weighted by molar-refractivity contribution is 5.87. The van der Waals surface area contributed by atoms with Crippen molar-refractivity contribution in [1.82, 2.24) is 15.3 Å². The third-order valence-electron chi connectivity index (χ3n) is 4.24. The van der Waals surface area contributed by atoms with Crippen molar-refractivity contribution in [1.29, 1.82) is 0 Å². The molecule has 5 N–H and O–H groups in total. The first kappa shape index (κ1) is 17.5. The first-order valence-electron chi connectivity index (χ1n) is 7.39. The summed E-state index contributed by atoms with van der Waals surface area (Å²) in [6.07, 6.45) is 6.10. The number of nitrogens with two attached hydrogens (primary N) is 2. The SMILES string of the molecule is C=CC(=O)N(C)[C@H]1CC[C@@H](N(CC/C(N)=N\N)NC)CC1. The van der Waals surface area contributed by atoms with E-state index in [1.165, 1.54) is 6.08 Å². The Labute approximate surface area is 127 Å². The van der Waals surface area contributed by atoms with E-state index in [4.69, 9.17) is 11.6 Å². The lowest BCUT2D eigenvalue weighted by Crippen LogP contribution is -2.49. The molecule has 0 bridgehead atoms. The molecule has 1 saturated carbocycles. The van der Waals surface area contributed by atoms with Crippen LogP contribution in [0, 0.1) is 0 Å². The Bertz CT molecular complexity index is 376. The Morgan fingerprint density at radius 1 is 1.38 bits per heavy atom. The standard InChI is InChI=1S/C14H28N6O/c1-4-14(21)19(3)11-5-7-12(8-6-11)20(17-2)10-9-13(15)18-16/h4,11-12,17H,1,5-10,16H2,2-3H3,(H2,15,18)/t11-,12+. The van der Waals surface area contributed by atoms with E-state index >= 15 is 0 Å². The fourth-order valence-electron chi connectivity index (χ4n) is 2.86. The van der Waals surface area contributed by atoms with Crippen LogP contribution in [0.1, 0.15) is 32.1 Å². The van der Waals surface area contributed by atoms with E-state index < -0.39 is 0 Å². The van der Waals surface area contributed by atoms with E-state index in [1.807, 2.05) is 14.1 Å². The molecule has 1 fully saturated rings. The Hall–Kier alpha value is -1.60. The third kappa shape index (κ3) is 5.02. The number of carbonyl (C=O) groups excluding carboxylic acids is 1. The number of likely N-dealkylation sites (N-methyl/N-ethyl adjacent to an activating group) is 1. The molecule has 1 aliphatic carbocycles. The second-order valence-electron chi connectivity index (χ2n) is 5.40. The number of nitrogens with zero attached hydrogens (tertiary/aromatic N) is 3. The van der Waals surface area contributed by atoms with Gasteiger partial charge in [-0.1, -0.05) is 6.58 Å². The molecule has 0 aromatic rings. The topological polar surface area (TPSA) is 100.0 Å². The molecule has 0 radical (unpaired) electrons. The van der Waals surface area contributed by atoms with E-state index in [2.05, 4.69) is 22.1 Å². The number of rotatable bonds is 7. The molecular weight excluding hydrogens is 268 g/mol. The number of hydrogen-bond donors (Lipinski definition) is 3. The van der Waals surface area contributed by atoms with Crippen molar-refractivity contribution in [3.63, 3.8) is 0 Å². The fourth-order valence-corrected chi connectivity index (χ4v) is 2.86. The summed E-state index contributed by atoms with van der Waals surface area (Å²) in [5, 5.41) is 5.67. The van der Waals surface area contributed by atoms with Crippen molar-refractivity contribution in [2.45, 2.75) is 44.2 Å². The van der Waals surface area contributed by atoms with Crippen molar-refractivity contribution in [3.05, 3.63) is 12.7 Å². The lowest BCUT2D eigenvalue weighted by molar-refractivity contribution is -0.127. The monoisotopic (exact) mass is 296 g/mol. The van der Waals surface area contributed by atoms with Crippen LogP contribution < -0.4 is 17.0 Å². The Morgan fingerprint density at radius 2 is 1.95 bits per heavy atom. The number of nitrogens with one attached hydrogen (secondary N) is 1. The first-order chi connectivity index (χ1) is 10.0. The molecule has 0 unspecified atom stereocenters. The largest absolute Gasteiger partial charge is 0.386 e. The van der Waals surface area contributed by atoms with Gasteiger partial charge in [-0.05, 0) is 38.8 Å². The summed E-state index contributed by atoms with van der Waals surface area (Å²) < 4.78 is 0. The molecule has 7 nitrogen and oxygen atoms in total. The van der Waals surface area contributed by atoms with Crippen LogP contribution in [0.5, 0.6) is 0 Å². The van der Waals surface area contributed by atoms with E-state index in [9.17, 15) is 4.79 Å². The van der Waals surface area contributed by atoms with Gasteiger partial charge in [0, 0.05) is 32.1 Å². The molecule has 1 aliphatic rings. The summed E-state index contributed by atoms with van der Waals surface area (Å²) in [7, 11) is 3.76. The highest BCUT2D eigenvalue weighted by Crippen LogP contribution is 2.25. The van der Waals surface area contributed by atoms with Crippen LogP contribution in [0.15, 0.2) is 17.8 Å². The first-order valence-corrected chi connectivity index (χ1v) is 7.39. The average Bonchev–Trinajstić information content (AvgIpc) is 2.54. The van der Waals surface area contributed by atoms with Crippen LogP contribution in [-0.4, -0.2) is 54.4 Å². The van der Waals surface area contributed by atoms with Crippen molar-refractivity contribution < 1.29 is 4.79 Å². The van der Waals surface area contributed by atoms with Gasteiger partial charge in [0.05, 0.1) is 0 Å². The predicted octanol–water partition coefficient (Wildman–Crippen LogP) is -0.000600. The summed E-state index contributed by atoms with van der Waals surface area (Å²) in [6.45, 7) is 4.32. The summed E-state index contributed by atoms with van der Waals surface area (Å²) in [4.78, 5) is 13.4. The number of hydrazine groups is 1. The number of hydrazone groups is 1. The van der Waals surface area contributed by atoms with Gasteiger partial charge in [0.15, 0.2) is 0 Å². The van der Waals surface area contributed by atoms with Crippen LogP contribution in [0.2, 0.25) is 0 Å². The smallest absolute Gasteiger partial charge is 0.245 e. The summed E-state index contributed by atoms with van der Waals surface area (Å²) in [5.41, 5.74) is 8.85. The van der Waals surface area contributed by atoms with Gasteiger partial charge in [0.2, 0.25) is 5.91 Å². The minimum Gasteiger partial charge on any atom is -0.386 e. The highest BCUT2D eigenvalue weighted by atomic mass is 16.2. The summed E-state index contributed by atoms with van der Waals surface area (Å²) >= 11 is 0. The molecule has 0 aromatic heterocycles. The van der Waals surface area contributed by atoms with E-state index in [0.29, 0.717) is 24.3 Å². The Morgan fingerprint density at radius 3 is 2.43 bits per heavy atom. The Kier molecular flexibility index (Phi) is 7.18. The van der Waals surface area contributed by atoms with Crippen LogP contribution in [-0.2, 0) is 4.79 Å². The number of carbonyl (C=O) groups is 1. The molecule has 0 spiro atoms. The Balaban J connectivity index is 2.46. The van der Waals surface area contributed by atoms with Crippen LogP contribution in [0.3, 0.4) is 0 Å². The molecule has 0 aromatic carbocycles. The minimum atomic E-state index is -0.00384. The maximum atomic E-state index is 11.6. The van der Waals surface area contributed by atoms with Gasteiger partial charge in [-0.25, -0.2) is 5.01 Å². The van der Waals surface area contributed by atoms with Crippen LogP contribution in [0.4, 0.5) is 0 Å². The molecule has 1 rings (SSSR count). The highest BCUT2D eigenvalue weighted by Gasteiger charge is 2.28. The lowest BCUT2D eigenvalue weighted by Gasteiger charge is -2.39. The molecule has 0 aliphatic heterocycles. The number of amides is 1. The zero-order valence-electron chi connectivity index (χ0n) is 13.1. The van der Waals surface area contributed by atoms with Crippen molar-refractivity contribution >= 4 is 11.7 Å². The number of amidine groups is 1. The molecule has 7 heteroatoms. The van der Waals surface area contributed by atoms with Gasteiger partial charge in [0.1, 0.15) is 5.84 Å². The maximum Gasteiger partial charge on any atom is 0.245 e. The molecule has 0 atom stereocenters. The lowest BCUT2D eigenvalue weighted by atomic mass is 9.90. The van der Waals surface area contributed by atoms with E-state index in [-0.39, 0.29) is 5.91 Å².